The predicted octanol–water partition coefficient (Wildman–Crippen LogP) is 2.47. The molecule has 0 radical (unpaired) electrons. The van der Waals surface area contributed by atoms with Gasteiger partial charge < -0.3 is 14.7 Å². The zero-order chi connectivity index (χ0) is 18.0. The Bertz CT molecular complexity index is 658. The van der Waals surface area contributed by atoms with E-state index in [0.29, 0.717) is 23.4 Å². The quantitative estimate of drug-likeness (QED) is 0.886. The van der Waals surface area contributed by atoms with Gasteiger partial charge in [0, 0.05) is 36.5 Å². The molecule has 3 rings (SSSR count). The summed E-state index contributed by atoms with van der Waals surface area (Å²) in [5, 5.41) is 10.0. The van der Waals surface area contributed by atoms with Gasteiger partial charge in [0.05, 0.1) is 6.61 Å². The molecule has 1 amide bonds. The Morgan fingerprint density at radius 2 is 2.08 bits per heavy atom. The van der Waals surface area contributed by atoms with E-state index >= 15 is 0 Å². The van der Waals surface area contributed by atoms with Gasteiger partial charge in [0.2, 0.25) is 0 Å². The summed E-state index contributed by atoms with van der Waals surface area (Å²) >= 11 is 6.00. The molecule has 2 saturated heterocycles. The van der Waals surface area contributed by atoms with Crippen LogP contribution in [0.3, 0.4) is 0 Å². The first-order valence-corrected chi connectivity index (χ1v) is 9.03. The highest BCUT2D eigenvalue weighted by Crippen LogP contribution is 2.38. The maximum Gasteiger partial charge on any atom is 0.328 e. The van der Waals surface area contributed by atoms with Crippen molar-refractivity contribution in [1.82, 2.24) is 9.80 Å². The molecule has 0 unspecified atom stereocenters. The summed E-state index contributed by atoms with van der Waals surface area (Å²) in [6.45, 7) is 4.74. The lowest BCUT2D eigenvalue weighted by Gasteiger charge is -2.44. The number of hydrogen-bond acceptors (Lipinski definition) is 4. The summed E-state index contributed by atoms with van der Waals surface area (Å²) in [6, 6.07) is 5.64. The number of aliphatic carboxylic acids is 1. The molecule has 0 saturated carbocycles. The van der Waals surface area contributed by atoms with Gasteiger partial charge in [0.15, 0.2) is 6.04 Å². The number of carboxylic acid groups (broad SMARTS) is 1. The molecule has 7 heteroatoms. The molecule has 2 aliphatic rings. The van der Waals surface area contributed by atoms with Crippen molar-refractivity contribution in [1.29, 1.82) is 0 Å². The molecule has 0 bridgehead atoms. The zero-order valence-corrected chi connectivity index (χ0v) is 15.0. The molecule has 1 spiro atoms. The SMILES string of the molecule is CCCN1CCC2(CC1)OC[C@@H](C(=O)O)N2C(=O)c1cccc(Cl)c1. The van der Waals surface area contributed by atoms with Gasteiger partial charge in [-0.3, -0.25) is 9.69 Å². The molecule has 25 heavy (non-hydrogen) atoms. The topological polar surface area (TPSA) is 70.1 Å². The Morgan fingerprint density at radius 3 is 2.68 bits per heavy atom. The first-order valence-electron chi connectivity index (χ1n) is 8.65. The van der Waals surface area contributed by atoms with Gasteiger partial charge in [-0.25, -0.2) is 4.79 Å². The number of hydrogen-bond donors (Lipinski definition) is 1. The monoisotopic (exact) mass is 366 g/mol. The Hall–Kier alpha value is -1.63. The molecule has 136 valence electrons. The fraction of sp³-hybridized carbons (Fsp3) is 0.556. The van der Waals surface area contributed by atoms with E-state index in [9.17, 15) is 14.7 Å². The van der Waals surface area contributed by atoms with Crippen molar-refractivity contribution in [3.05, 3.63) is 34.9 Å². The molecule has 1 aromatic carbocycles. The largest absolute Gasteiger partial charge is 0.480 e. The summed E-state index contributed by atoms with van der Waals surface area (Å²) in [4.78, 5) is 28.6. The number of nitrogens with zero attached hydrogens (tertiary/aromatic N) is 2. The van der Waals surface area contributed by atoms with E-state index < -0.39 is 17.7 Å². The molecule has 6 nitrogen and oxygen atoms in total. The number of carbonyl (C=O) groups excluding carboxylic acids is 1. The Labute approximate surface area is 152 Å². The number of carboxylic acids is 1. The van der Waals surface area contributed by atoms with Crippen molar-refractivity contribution in [3.63, 3.8) is 0 Å². The number of amides is 1. The highest BCUT2D eigenvalue weighted by atomic mass is 35.5. The normalized spacial score (nSPS) is 23.1. The van der Waals surface area contributed by atoms with Gasteiger partial charge >= 0.3 is 5.97 Å². The van der Waals surface area contributed by atoms with Crippen LogP contribution >= 0.6 is 11.6 Å². The Kier molecular flexibility index (Phi) is 5.32. The van der Waals surface area contributed by atoms with Gasteiger partial charge in [-0.1, -0.05) is 24.6 Å². The van der Waals surface area contributed by atoms with Crippen molar-refractivity contribution in [3.8, 4) is 0 Å². The fourth-order valence-corrected chi connectivity index (χ4v) is 3.95. The van der Waals surface area contributed by atoms with Crippen LogP contribution in [0.5, 0.6) is 0 Å². The maximum atomic E-state index is 13.1. The second-order valence-electron chi connectivity index (χ2n) is 6.64. The van der Waals surface area contributed by atoms with Crippen LogP contribution in [0, 0.1) is 0 Å². The van der Waals surface area contributed by atoms with Gasteiger partial charge in [-0.2, -0.15) is 0 Å². The number of halogens is 1. The standard InChI is InChI=1S/C18H23ClN2O4/c1-2-8-20-9-6-18(7-10-20)21(15(12-25-18)17(23)24)16(22)13-4-3-5-14(19)11-13/h3-5,11,15H,2,6-10,12H2,1H3,(H,23,24)/t15-/m0/s1. The van der Waals surface area contributed by atoms with Crippen molar-refractivity contribution in [2.45, 2.75) is 38.0 Å². The summed E-state index contributed by atoms with van der Waals surface area (Å²) < 4.78 is 5.93. The maximum absolute atomic E-state index is 13.1. The van der Waals surface area contributed by atoms with Crippen LogP contribution < -0.4 is 0 Å². The Balaban J connectivity index is 1.88. The minimum absolute atomic E-state index is 0.0232. The van der Waals surface area contributed by atoms with Crippen LogP contribution in [0.2, 0.25) is 5.02 Å². The molecule has 1 N–H and O–H groups in total. The molecule has 2 aliphatic heterocycles. The Morgan fingerprint density at radius 1 is 1.36 bits per heavy atom. The molecule has 2 heterocycles. The molecular weight excluding hydrogens is 344 g/mol. The van der Waals surface area contributed by atoms with Gasteiger partial charge in [-0.05, 0) is 31.2 Å². The smallest absolute Gasteiger partial charge is 0.328 e. The second-order valence-corrected chi connectivity index (χ2v) is 7.07. The third-order valence-electron chi connectivity index (χ3n) is 5.01. The van der Waals surface area contributed by atoms with Crippen molar-refractivity contribution < 1.29 is 19.4 Å². The van der Waals surface area contributed by atoms with Crippen LogP contribution in [0.15, 0.2) is 24.3 Å². The van der Waals surface area contributed by atoms with E-state index in [2.05, 4.69) is 11.8 Å². The molecule has 0 aromatic heterocycles. The highest BCUT2D eigenvalue weighted by Gasteiger charge is 2.53. The summed E-state index contributed by atoms with van der Waals surface area (Å²) in [5.41, 5.74) is -0.452. The van der Waals surface area contributed by atoms with Crippen LogP contribution in [0.1, 0.15) is 36.5 Å². The van der Waals surface area contributed by atoms with E-state index in [1.807, 2.05) is 0 Å². The van der Waals surface area contributed by atoms with Crippen LogP contribution in [-0.4, -0.2) is 64.8 Å². The number of carbonyl (C=O) groups is 2. The minimum Gasteiger partial charge on any atom is -0.480 e. The molecule has 1 aromatic rings. The van der Waals surface area contributed by atoms with Crippen molar-refractivity contribution in [2.24, 2.45) is 0 Å². The van der Waals surface area contributed by atoms with Crippen LogP contribution in [-0.2, 0) is 9.53 Å². The van der Waals surface area contributed by atoms with Crippen molar-refractivity contribution in [2.75, 3.05) is 26.2 Å². The third kappa shape index (κ3) is 3.52. The fourth-order valence-electron chi connectivity index (χ4n) is 3.76. The average molecular weight is 367 g/mol. The number of piperidine rings is 1. The van der Waals surface area contributed by atoms with Crippen LogP contribution in [0.4, 0.5) is 0 Å². The lowest BCUT2D eigenvalue weighted by atomic mass is 9.96. The number of ether oxygens (including phenoxy) is 1. The average Bonchev–Trinajstić information content (AvgIpc) is 2.96. The number of rotatable bonds is 4. The number of benzene rings is 1. The van der Waals surface area contributed by atoms with Crippen molar-refractivity contribution >= 4 is 23.5 Å². The first kappa shape index (κ1) is 18.2. The lowest BCUT2D eigenvalue weighted by molar-refractivity contribution is -0.143. The van der Waals surface area contributed by atoms with E-state index in [1.165, 1.54) is 4.90 Å². The van der Waals surface area contributed by atoms with E-state index in [4.69, 9.17) is 16.3 Å². The molecule has 0 aliphatic carbocycles. The summed E-state index contributed by atoms with van der Waals surface area (Å²) in [5.74, 6) is -1.38. The first-order chi connectivity index (χ1) is 12.0. The van der Waals surface area contributed by atoms with Gasteiger partial charge in [0.25, 0.3) is 5.91 Å². The second kappa shape index (κ2) is 7.32. The zero-order valence-electron chi connectivity index (χ0n) is 14.3. The van der Waals surface area contributed by atoms with Gasteiger partial charge in [0.1, 0.15) is 5.72 Å². The lowest BCUT2D eigenvalue weighted by Crippen LogP contribution is -2.58. The van der Waals surface area contributed by atoms with E-state index in [-0.39, 0.29) is 12.5 Å². The minimum atomic E-state index is -1.04. The van der Waals surface area contributed by atoms with E-state index in [1.54, 1.807) is 24.3 Å². The molecule has 2 fully saturated rings. The van der Waals surface area contributed by atoms with E-state index in [0.717, 1.165) is 26.1 Å². The van der Waals surface area contributed by atoms with Gasteiger partial charge in [-0.15, -0.1) is 0 Å². The number of likely N-dealkylation sites (tertiary alicyclic amines) is 1. The summed E-state index contributed by atoms with van der Waals surface area (Å²) in [7, 11) is 0. The molecular formula is C18H23ClN2O4. The highest BCUT2D eigenvalue weighted by molar-refractivity contribution is 6.31. The summed E-state index contributed by atoms with van der Waals surface area (Å²) in [6.07, 6.45) is 2.29. The van der Waals surface area contributed by atoms with Crippen LogP contribution in [0.25, 0.3) is 0 Å². The predicted molar refractivity (Wildman–Crippen MR) is 93.7 cm³/mol. The molecule has 1 atom stereocenters. The third-order valence-corrected chi connectivity index (χ3v) is 5.25.